The van der Waals surface area contributed by atoms with E-state index in [9.17, 15) is 9.59 Å². The maximum Gasteiger partial charge on any atom is 0.325 e. The van der Waals surface area contributed by atoms with Gasteiger partial charge in [-0.25, -0.2) is 4.79 Å². The van der Waals surface area contributed by atoms with Crippen LogP contribution < -0.4 is 5.32 Å². The molecule has 0 unspecified atom stereocenters. The lowest BCUT2D eigenvalue weighted by Crippen LogP contribution is -2.41. The summed E-state index contributed by atoms with van der Waals surface area (Å²) in [6.45, 7) is 4.81. The van der Waals surface area contributed by atoms with Gasteiger partial charge in [-0.3, -0.25) is 9.69 Å². The first-order chi connectivity index (χ1) is 11.1. The molecule has 0 aliphatic carbocycles. The molecule has 0 aromatic heterocycles. The van der Waals surface area contributed by atoms with Crippen molar-refractivity contribution in [2.24, 2.45) is 0 Å². The van der Waals surface area contributed by atoms with E-state index >= 15 is 0 Å². The van der Waals surface area contributed by atoms with Crippen molar-refractivity contribution in [3.05, 3.63) is 48.0 Å². The molecule has 0 radical (unpaired) electrons. The van der Waals surface area contributed by atoms with Crippen molar-refractivity contribution in [1.82, 2.24) is 10.2 Å². The van der Waals surface area contributed by atoms with Gasteiger partial charge in [0.25, 0.3) is 5.91 Å². The van der Waals surface area contributed by atoms with Gasteiger partial charge in [0.1, 0.15) is 5.54 Å². The molecule has 1 N–H and O–H groups in total. The number of urea groups is 1. The van der Waals surface area contributed by atoms with E-state index in [0.717, 1.165) is 16.3 Å². The number of rotatable bonds is 5. The third kappa shape index (κ3) is 2.68. The van der Waals surface area contributed by atoms with Crippen molar-refractivity contribution in [1.29, 1.82) is 0 Å². The van der Waals surface area contributed by atoms with Crippen molar-refractivity contribution in [2.75, 3.05) is 19.8 Å². The minimum absolute atomic E-state index is 0.238. The van der Waals surface area contributed by atoms with Crippen LogP contribution in [0.15, 0.2) is 42.5 Å². The Balaban J connectivity index is 1.90. The van der Waals surface area contributed by atoms with Gasteiger partial charge in [0.05, 0.1) is 13.2 Å². The smallest absolute Gasteiger partial charge is 0.325 e. The van der Waals surface area contributed by atoms with E-state index in [1.165, 1.54) is 4.90 Å². The Labute approximate surface area is 135 Å². The highest BCUT2D eigenvalue weighted by molar-refractivity contribution is 6.07. The maximum atomic E-state index is 12.8. The Kier molecular flexibility index (Phi) is 4.05. The van der Waals surface area contributed by atoms with Crippen LogP contribution in [0, 0.1) is 0 Å². The SMILES string of the molecule is CCOCCN1C(=O)N[C@](C)(c2ccc3ccccc3c2)C1=O. The van der Waals surface area contributed by atoms with Crippen LogP contribution in [0.25, 0.3) is 10.8 Å². The van der Waals surface area contributed by atoms with E-state index < -0.39 is 5.54 Å². The van der Waals surface area contributed by atoms with E-state index in [1.54, 1.807) is 6.92 Å². The molecule has 3 rings (SSSR count). The number of amides is 3. The zero-order chi connectivity index (χ0) is 16.4. The van der Waals surface area contributed by atoms with Gasteiger partial charge in [-0.15, -0.1) is 0 Å². The van der Waals surface area contributed by atoms with Crippen LogP contribution >= 0.6 is 0 Å². The molecule has 5 nitrogen and oxygen atoms in total. The molecule has 1 aliphatic rings. The number of ether oxygens (including phenoxy) is 1. The Morgan fingerprint density at radius 3 is 2.61 bits per heavy atom. The molecular formula is C18H20N2O3. The summed E-state index contributed by atoms with van der Waals surface area (Å²) in [7, 11) is 0. The van der Waals surface area contributed by atoms with Crippen molar-refractivity contribution in [3.63, 3.8) is 0 Å². The van der Waals surface area contributed by atoms with Gasteiger partial charge >= 0.3 is 6.03 Å². The fourth-order valence-electron chi connectivity index (χ4n) is 2.90. The van der Waals surface area contributed by atoms with Crippen LogP contribution in [0.3, 0.4) is 0 Å². The van der Waals surface area contributed by atoms with Crippen LogP contribution in [0.4, 0.5) is 4.79 Å². The number of nitrogens with one attached hydrogen (secondary N) is 1. The molecule has 1 fully saturated rings. The first-order valence-electron chi connectivity index (χ1n) is 7.77. The Bertz CT molecular complexity index is 759. The second kappa shape index (κ2) is 6.01. The summed E-state index contributed by atoms with van der Waals surface area (Å²) in [5, 5.41) is 4.96. The lowest BCUT2D eigenvalue weighted by atomic mass is 9.90. The van der Waals surface area contributed by atoms with Crippen molar-refractivity contribution in [2.45, 2.75) is 19.4 Å². The normalized spacial score (nSPS) is 21.0. The lowest BCUT2D eigenvalue weighted by molar-refractivity contribution is -0.131. The maximum absolute atomic E-state index is 12.8. The fraction of sp³-hybridized carbons (Fsp3) is 0.333. The zero-order valence-corrected chi connectivity index (χ0v) is 13.3. The monoisotopic (exact) mass is 312 g/mol. The van der Waals surface area contributed by atoms with Crippen LogP contribution in [0.2, 0.25) is 0 Å². The number of hydrogen-bond acceptors (Lipinski definition) is 3. The Hall–Kier alpha value is -2.40. The average molecular weight is 312 g/mol. The summed E-state index contributed by atoms with van der Waals surface area (Å²) < 4.78 is 5.25. The molecule has 1 aliphatic heterocycles. The number of fused-ring (bicyclic) bond motifs is 1. The number of carbonyl (C=O) groups is 2. The predicted octanol–water partition coefficient (Wildman–Crippen LogP) is 2.64. The molecule has 2 aromatic carbocycles. The zero-order valence-electron chi connectivity index (χ0n) is 13.3. The number of benzene rings is 2. The van der Waals surface area contributed by atoms with Gasteiger partial charge in [-0.2, -0.15) is 0 Å². The van der Waals surface area contributed by atoms with Crippen LogP contribution in [0.1, 0.15) is 19.4 Å². The summed E-state index contributed by atoms with van der Waals surface area (Å²) in [4.78, 5) is 26.2. The summed E-state index contributed by atoms with van der Waals surface area (Å²) in [5.41, 5.74) is -0.249. The van der Waals surface area contributed by atoms with Gasteiger partial charge < -0.3 is 10.1 Å². The molecule has 0 saturated carbocycles. The quantitative estimate of drug-likeness (QED) is 0.682. The summed E-state index contributed by atoms with van der Waals surface area (Å²) in [6, 6.07) is 13.4. The Morgan fingerprint density at radius 2 is 1.87 bits per heavy atom. The molecule has 0 bridgehead atoms. The second-order valence-electron chi connectivity index (χ2n) is 5.77. The second-order valence-corrected chi connectivity index (χ2v) is 5.77. The van der Waals surface area contributed by atoms with Crippen molar-refractivity contribution < 1.29 is 14.3 Å². The molecule has 2 aromatic rings. The highest BCUT2D eigenvalue weighted by atomic mass is 16.5. The molecule has 1 heterocycles. The summed E-state index contributed by atoms with van der Waals surface area (Å²) in [6.07, 6.45) is 0. The topological polar surface area (TPSA) is 58.6 Å². The van der Waals surface area contributed by atoms with E-state index in [2.05, 4.69) is 5.32 Å². The molecule has 23 heavy (non-hydrogen) atoms. The molecule has 1 saturated heterocycles. The van der Waals surface area contributed by atoms with Gasteiger partial charge in [-0.05, 0) is 36.2 Å². The van der Waals surface area contributed by atoms with E-state index in [1.807, 2.05) is 49.4 Å². The van der Waals surface area contributed by atoms with Gasteiger partial charge in [0, 0.05) is 6.61 Å². The van der Waals surface area contributed by atoms with Crippen molar-refractivity contribution in [3.8, 4) is 0 Å². The number of nitrogens with zero attached hydrogens (tertiary/aromatic N) is 1. The summed E-state index contributed by atoms with van der Waals surface area (Å²) in [5.74, 6) is -0.238. The molecule has 5 heteroatoms. The first-order valence-corrected chi connectivity index (χ1v) is 7.77. The standard InChI is InChI=1S/C18H20N2O3/c1-3-23-11-10-20-16(21)18(2,19-17(20)22)15-9-8-13-6-4-5-7-14(13)12-15/h4-9,12H,3,10-11H2,1-2H3,(H,19,22)/t18-/m1/s1. The van der Waals surface area contributed by atoms with E-state index in [-0.39, 0.29) is 18.5 Å². The van der Waals surface area contributed by atoms with Gasteiger partial charge in [0.15, 0.2) is 0 Å². The Morgan fingerprint density at radius 1 is 1.13 bits per heavy atom. The average Bonchev–Trinajstić information content (AvgIpc) is 2.78. The highest BCUT2D eigenvalue weighted by Gasteiger charge is 2.48. The molecule has 120 valence electrons. The minimum atomic E-state index is -1.03. The molecular weight excluding hydrogens is 292 g/mol. The van der Waals surface area contributed by atoms with Crippen molar-refractivity contribution >= 4 is 22.7 Å². The van der Waals surface area contributed by atoms with E-state index in [0.29, 0.717) is 13.2 Å². The molecule has 3 amide bonds. The lowest BCUT2D eigenvalue weighted by Gasteiger charge is -2.22. The van der Waals surface area contributed by atoms with Crippen LogP contribution in [0.5, 0.6) is 0 Å². The highest BCUT2D eigenvalue weighted by Crippen LogP contribution is 2.30. The molecule has 1 atom stereocenters. The number of carbonyl (C=O) groups excluding carboxylic acids is 2. The summed E-state index contributed by atoms with van der Waals surface area (Å²) >= 11 is 0. The first kappa shape index (κ1) is 15.5. The predicted molar refractivity (Wildman–Crippen MR) is 88.0 cm³/mol. The van der Waals surface area contributed by atoms with E-state index in [4.69, 9.17) is 4.74 Å². The van der Waals surface area contributed by atoms with Gasteiger partial charge in [0.2, 0.25) is 0 Å². The fourth-order valence-corrected chi connectivity index (χ4v) is 2.90. The van der Waals surface area contributed by atoms with Crippen LogP contribution in [-0.4, -0.2) is 36.6 Å². The minimum Gasteiger partial charge on any atom is -0.380 e. The third-order valence-electron chi connectivity index (χ3n) is 4.27. The number of imide groups is 1. The third-order valence-corrected chi connectivity index (χ3v) is 4.27. The van der Waals surface area contributed by atoms with Crippen LogP contribution in [-0.2, 0) is 15.1 Å². The largest absolute Gasteiger partial charge is 0.380 e. The van der Waals surface area contributed by atoms with Gasteiger partial charge in [-0.1, -0.05) is 36.4 Å². The molecule has 0 spiro atoms. The number of hydrogen-bond donors (Lipinski definition) is 1.